The first-order chi connectivity index (χ1) is 8.65. The molecule has 1 atom stereocenters. The Kier molecular flexibility index (Phi) is 3.65. The number of aliphatic hydroxyl groups is 1. The Morgan fingerprint density at radius 1 is 1.28 bits per heavy atom. The van der Waals surface area contributed by atoms with Crippen molar-refractivity contribution in [3.8, 4) is 5.40 Å². The van der Waals surface area contributed by atoms with Crippen LogP contribution in [0.2, 0.25) is 0 Å². The highest BCUT2D eigenvalue weighted by molar-refractivity contribution is 8.03. The van der Waals surface area contributed by atoms with Crippen molar-refractivity contribution in [2.24, 2.45) is 0 Å². The zero-order valence-corrected chi connectivity index (χ0v) is 10.2. The van der Waals surface area contributed by atoms with Gasteiger partial charge < -0.3 is 5.11 Å². The molecule has 0 fully saturated rings. The number of rotatable bonds is 4. The second kappa shape index (κ2) is 5.21. The molecule has 2 rings (SSSR count). The normalized spacial score (nSPS) is 15.4. The number of nitriles is 1. The van der Waals surface area contributed by atoms with Gasteiger partial charge in [-0.15, -0.1) is 0 Å². The van der Waals surface area contributed by atoms with Crippen molar-refractivity contribution < 1.29 is 14.7 Å². The molecule has 6 heteroatoms. The highest BCUT2D eigenvalue weighted by Gasteiger charge is 2.35. The molecule has 1 heterocycles. The summed E-state index contributed by atoms with van der Waals surface area (Å²) in [6, 6.07) is 6.56. The maximum absolute atomic E-state index is 11.9. The third-order valence-corrected chi connectivity index (χ3v) is 3.29. The smallest absolute Gasteiger partial charge is 0.261 e. The molecule has 5 nitrogen and oxygen atoms in total. The van der Waals surface area contributed by atoms with E-state index in [-0.39, 0.29) is 12.3 Å². The molecule has 0 radical (unpaired) electrons. The number of carbonyl (C=O) groups is 2. The van der Waals surface area contributed by atoms with Gasteiger partial charge in [0.15, 0.2) is 0 Å². The van der Waals surface area contributed by atoms with E-state index in [1.54, 1.807) is 24.3 Å². The summed E-state index contributed by atoms with van der Waals surface area (Å²) < 4.78 is 0. The number of aliphatic hydroxyl groups excluding tert-OH is 1. The van der Waals surface area contributed by atoms with Gasteiger partial charge in [-0.3, -0.25) is 14.5 Å². The first kappa shape index (κ1) is 12.6. The van der Waals surface area contributed by atoms with Crippen molar-refractivity contribution in [1.29, 1.82) is 5.26 Å². The molecule has 1 aromatic rings. The molecule has 1 N–H and O–H groups in total. The standard InChI is InChI=1S/C12H10N2O3S/c13-7-18-6-8(15)5-14-11(16)9-3-1-2-4-10(9)12(14)17/h1-4,8,15H,5-6H2. The highest BCUT2D eigenvalue weighted by Crippen LogP contribution is 2.22. The summed E-state index contributed by atoms with van der Waals surface area (Å²) in [6.45, 7) is -0.0823. The fourth-order valence-corrected chi connectivity index (χ4v) is 2.17. The number of hydrogen-bond donors (Lipinski definition) is 1. The predicted molar refractivity (Wildman–Crippen MR) is 65.9 cm³/mol. The first-order valence-electron chi connectivity index (χ1n) is 5.29. The number of benzene rings is 1. The summed E-state index contributed by atoms with van der Waals surface area (Å²) in [7, 11) is 0. The Hall–Kier alpha value is -1.84. The van der Waals surface area contributed by atoms with E-state index in [4.69, 9.17) is 5.26 Å². The number of carbonyl (C=O) groups excluding carboxylic acids is 2. The van der Waals surface area contributed by atoms with Crippen LogP contribution in [0.1, 0.15) is 20.7 Å². The number of nitrogens with zero attached hydrogens (tertiary/aromatic N) is 2. The van der Waals surface area contributed by atoms with Gasteiger partial charge in [-0.05, 0) is 23.9 Å². The molecule has 1 aliphatic rings. The van der Waals surface area contributed by atoms with E-state index < -0.39 is 17.9 Å². The van der Waals surface area contributed by atoms with Crippen LogP contribution in [0.15, 0.2) is 24.3 Å². The lowest BCUT2D eigenvalue weighted by Gasteiger charge is -2.17. The molecule has 0 aliphatic carbocycles. The van der Waals surface area contributed by atoms with Gasteiger partial charge in [0.05, 0.1) is 23.8 Å². The molecule has 0 saturated heterocycles. The molecule has 92 valence electrons. The van der Waals surface area contributed by atoms with Gasteiger partial charge >= 0.3 is 0 Å². The number of fused-ring (bicyclic) bond motifs is 1. The van der Waals surface area contributed by atoms with Gasteiger partial charge in [-0.1, -0.05) is 12.1 Å². The van der Waals surface area contributed by atoms with Crippen LogP contribution < -0.4 is 0 Å². The Balaban J connectivity index is 2.12. The van der Waals surface area contributed by atoms with Crippen LogP contribution >= 0.6 is 11.8 Å². The van der Waals surface area contributed by atoms with Crippen LogP contribution in [0.25, 0.3) is 0 Å². The van der Waals surface area contributed by atoms with Crippen molar-refractivity contribution in [2.45, 2.75) is 6.10 Å². The second-order valence-electron chi connectivity index (χ2n) is 3.82. The van der Waals surface area contributed by atoms with Gasteiger partial charge in [-0.25, -0.2) is 0 Å². The molecule has 0 bridgehead atoms. The van der Waals surface area contributed by atoms with E-state index in [0.29, 0.717) is 11.1 Å². The van der Waals surface area contributed by atoms with Crippen LogP contribution in [0.5, 0.6) is 0 Å². The molecule has 0 saturated carbocycles. The molecule has 1 unspecified atom stereocenters. The van der Waals surface area contributed by atoms with Gasteiger partial charge in [0.1, 0.15) is 5.40 Å². The Morgan fingerprint density at radius 3 is 2.33 bits per heavy atom. The molecule has 1 aliphatic heterocycles. The minimum atomic E-state index is -0.892. The third-order valence-electron chi connectivity index (χ3n) is 2.61. The number of β-amino-alcohol motifs (C(OH)–C–C–N with tert-alkyl or cyclic N) is 1. The number of hydrogen-bond acceptors (Lipinski definition) is 5. The van der Waals surface area contributed by atoms with Crippen LogP contribution in [0.4, 0.5) is 0 Å². The van der Waals surface area contributed by atoms with E-state index in [1.807, 2.05) is 5.40 Å². The van der Waals surface area contributed by atoms with Crippen LogP contribution in [0.3, 0.4) is 0 Å². The first-order valence-corrected chi connectivity index (χ1v) is 6.28. The van der Waals surface area contributed by atoms with Crippen molar-refractivity contribution >= 4 is 23.6 Å². The Labute approximate surface area is 108 Å². The van der Waals surface area contributed by atoms with Crippen molar-refractivity contribution in [3.63, 3.8) is 0 Å². The van der Waals surface area contributed by atoms with Crippen molar-refractivity contribution in [1.82, 2.24) is 4.90 Å². The van der Waals surface area contributed by atoms with Crippen molar-refractivity contribution in [2.75, 3.05) is 12.3 Å². The third kappa shape index (κ3) is 2.23. The Morgan fingerprint density at radius 2 is 1.83 bits per heavy atom. The largest absolute Gasteiger partial charge is 0.390 e. The molecule has 2 amide bonds. The van der Waals surface area contributed by atoms with E-state index >= 15 is 0 Å². The average Bonchev–Trinajstić information content (AvgIpc) is 2.62. The number of amides is 2. The maximum atomic E-state index is 11.9. The fraction of sp³-hybridized carbons (Fsp3) is 0.250. The zero-order valence-electron chi connectivity index (χ0n) is 9.37. The summed E-state index contributed by atoms with van der Waals surface area (Å²) in [6.07, 6.45) is -0.892. The van der Waals surface area contributed by atoms with Crippen LogP contribution in [-0.4, -0.2) is 40.2 Å². The van der Waals surface area contributed by atoms with Crippen LogP contribution in [0, 0.1) is 10.7 Å². The van der Waals surface area contributed by atoms with E-state index in [2.05, 4.69) is 0 Å². The van der Waals surface area contributed by atoms with Crippen molar-refractivity contribution in [3.05, 3.63) is 35.4 Å². The molecule has 1 aromatic carbocycles. The molecule has 0 spiro atoms. The summed E-state index contributed by atoms with van der Waals surface area (Å²) in [5.41, 5.74) is 0.727. The molecule has 0 aromatic heterocycles. The van der Waals surface area contributed by atoms with E-state index in [9.17, 15) is 14.7 Å². The van der Waals surface area contributed by atoms with E-state index in [0.717, 1.165) is 16.7 Å². The second-order valence-corrected chi connectivity index (χ2v) is 4.63. The summed E-state index contributed by atoms with van der Waals surface area (Å²) in [5.74, 6) is -0.614. The van der Waals surface area contributed by atoms with Gasteiger partial charge in [0.25, 0.3) is 11.8 Å². The molecular weight excluding hydrogens is 252 g/mol. The highest BCUT2D eigenvalue weighted by atomic mass is 32.2. The lowest BCUT2D eigenvalue weighted by molar-refractivity contribution is 0.0567. The quantitative estimate of drug-likeness (QED) is 0.643. The zero-order chi connectivity index (χ0) is 13.1. The summed E-state index contributed by atoms with van der Waals surface area (Å²) in [4.78, 5) is 24.9. The van der Waals surface area contributed by atoms with Gasteiger partial charge in [-0.2, -0.15) is 5.26 Å². The lowest BCUT2D eigenvalue weighted by atomic mass is 10.1. The average molecular weight is 262 g/mol. The molecule has 18 heavy (non-hydrogen) atoms. The number of imide groups is 1. The topological polar surface area (TPSA) is 81.4 Å². The molecular formula is C12H10N2O3S. The van der Waals surface area contributed by atoms with Gasteiger partial charge in [0.2, 0.25) is 0 Å². The SMILES string of the molecule is N#CSCC(O)CN1C(=O)c2ccccc2C1=O. The summed E-state index contributed by atoms with van der Waals surface area (Å²) >= 11 is 0.892. The van der Waals surface area contributed by atoms with Crippen LogP contribution in [-0.2, 0) is 0 Å². The van der Waals surface area contributed by atoms with E-state index in [1.165, 1.54) is 0 Å². The summed E-state index contributed by atoms with van der Waals surface area (Å²) in [5, 5.41) is 19.8. The monoisotopic (exact) mass is 262 g/mol. The maximum Gasteiger partial charge on any atom is 0.261 e. The number of thioether (sulfide) groups is 1. The fourth-order valence-electron chi connectivity index (χ4n) is 1.80. The Bertz CT molecular complexity index is 503. The van der Waals surface area contributed by atoms with Gasteiger partial charge in [0, 0.05) is 5.75 Å². The number of thiocyanates is 1. The lowest BCUT2D eigenvalue weighted by Crippen LogP contribution is -2.37. The minimum absolute atomic E-state index is 0.0823. The predicted octanol–water partition coefficient (Wildman–Crippen LogP) is 0.858. The minimum Gasteiger partial charge on any atom is -0.390 e.